The highest BCUT2D eigenvalue weighted by molar-refractivity contribution is 7.89. The highest BCUT2D eigenvalue weighted by Gasteiger charge is 2.08. The molecular weight excluding hydrogens is 226 g/mol. The number of rotatable bonds is 7. The summed E-state index contributed by atoms with van der Waals surface area (Å²) < 4.78 is 30.0. The monoisotopic (exact) mass is 243 g/mol. The number of sulfonamides is 1. The first-order valence-electron chi connectivity index (χ1n) is 5.14. The molecule has 0 heterocycles. The summed E-state index contributed by atoms with van der Waals surface area (Å²) in [5.74, 6) is 0.0122. The van der Waals surface area contributed by atoms with Crippen molar-refractivity contribution in [2.75, 3.05) is 26.0 Å². The van der Waals surface area contributed by atoms with E-state index in [2.05, 4.69) is 4.72 Å². The molecule has 1 N–H and O–H groups in total. The number of methoxy groups -OCH3 is 1. The van der Waals surface area contributed by atoms with Gasteiger partial charge in [0.2, 0.25) is 10.0 Å². The molecule has 0 saturated carbocycles. The number of ether oxygens (including phenoxy) is 1. The first-order chi connectivity index (χ1) is 7.64. The van der Waals surface area contributed by atoms with E-state index < -0.39 is 10.0 Å². The van der Waals surface area contributed by atoms with Gasteiger partial charge >= 0.3 is 0 Å². The Morgan fingerprint density at radius 3 is 2.56 bits per heavy atom. The zero-order valence-electron chi connectivity index (χ0n) is 9.35. The highest BCUT2D eigenvalue weighted by Crippen LogP contribution is 1.98. The minimum absolute atomic E-state index is 0.0122. The summed E-state index contributed by atoms with van der Waals surface area (Å²) in [6.45, 7) is 0.650. The molecule has 0 aliphatic carbocycles. The number of hydrogen-bond acceptors (Lipinski definition) is 3. The Hall–Kier alpha value is -0.910. The van der Waals surface area contributed by atoms with Gasteiger partial charge in [0.1, 0.15) is 0 Å². The van der Waals surface area contributed by atoms with Gasteiger partial charge in [-0.25, -0.2) is 13.1 Å². The molecule has 0 radical (unpaired) electrons. The maximum atomic E-state index is 11.4. The van der Waals surface area contributed by atoms with Crippen LogP contribution < -0.4 is 4.72 Å². The van der Waals surface area contributed by atoms with Gasteiger partial charge in [-0.1, -0.05) is 30.3 Å². The van der Waals surface area contributed by atoms with Gasteiger partial charge < -0.3 is 4.74 Å². The van der Waals surface area contributed by atoms with Gasteiger partial charge in [0, 0.05) is 13.7 Å². The lowest BCUT2D eigenvalue weighted by Gasteiger charge is -2.05. The van der Waals surface area contributed by atoms with Crippen LogP contribution in [-0.4, -0.2) is 34.4 Å². The third kappa shape index (κ3) is 5.25. The summed E-state index contributed by atoms with van der Waals surface area (Å²) in [4.78, 5) is 0. The van der Waals surface area contributed by atoms with E-state index in [0.29, 0.717) is 13.0 Å². The first kappa shape index (κ1) is 13.2. The second-order valence-electron chi connectivity index (χ2n) is 3.44. The molecule has 0 bridgehead atoms. The average molecular weight is 243 g/mol. The van der Waals surface area contributed by atoms with Crippen LogP contribution in [0.5, 0.6) is 0 Å². The molecule has 0 aliphatic rings. The molecule has 0 atom stereocenters. The van der Waals surface area contributed by atoms with E-state index >= 15 is 0 Å². The summed E-state index contributed by atoms with van der Waals surface area (Å²) in [7, 11) is -1.70. The van der Waals surface area contributed by atoms with Crippen molar-refractivity contribution in [3.05, 3.63) is 35.9 Å². The van der Waals surface area contributed by atoms with Gasteiger partial charge in [0.05, 0.1) is 12.4 Å². The van der Waals surface area contributed by atoms with Gasteiger partial charge in [-0.2, -0.15) is 0 Å². The topological polar surface area (TPSA) is 55.4 Å². The Kier molecular flexibility index (Phi) is 5.45. The van der Waals surface area contributed by atoms with Crippen molar-refractivity contribution < 1.29 is 13.2 Å². The Labute approximate surface area is 96.7 Å². The second-order valence-corrected chi connectivity index (χ2v) is 5.37. The van der Waals surface area contributed by atoms with Crippen molar-refractivity contribution in [1.82, 2.24) is 4.72 Å². The fourth-order valence-corrected chi connectivity index (χ4v) is 2.20. The van der Waals surface area contributed by atoms with Crippen LogP contribution in [0.15, 0.2) is 30.3 Å². The molecule has 1 aromatic carbocycles. The van der Waals surface area contributed by atoms with Crippen molar-refractivity contribution >= 4 is 10.0 Å². The molecule has 0 spiro atoms. The molecule has 0 saturated heterocycles. The highest BCUT2D eigenvalue weighted by atomic mass is 32.2. The number of benzene rings is 1. The summed E-state index contributed by atoms with van der Waals surface area (Å²) in [5, 5.41) is 0. The lowest BCUT2D eigenvalue weighted by atomic mass is 10.2. The van der Waals surface area contributed by atoms with E-state index in [9.17, 15) is 8.42 Å². The fraction of sp³-hybridized carbons (Fsp3) is 0.455. The molecule has 1 rings (SSSR count). The number of hydrogen-bond donors (Lipinski definition) is 1. The molecule has 0 aromatic heterocycles. The lowest BCUT2D eigenvalue weighted by molar-refractivity contribution is 0.217. The molecular formula is C11H17NO3S. The van der Waals surface area contributed by atoms with E-state index in [-0.39, 0.29) is 12.4 Å². The second kappa shape index (κ2) is 6.62. The third-order valence-electron chi connectivity index (χ3n) is 2.13. The minimum Gasteiger partial charge on any atom is -0.384 e. The maximum absolute atomic E-state index is 11.4. The van der Waals surface area contributed by atoms with Crippen LogP contribution in [0.2, 0.25) is 0 Å². The van der Waals surface area contributed by atoms with Crippen LogP contribution in [0.4, 0.5) is 0 Å². The molecule has 0 fully saturated rings. The Morgan fingerprint density at radius 2 is 1.94 bits per heavy atom. The Morgan fingerprint density at radius 1 is 1.25 bits per heavy atom. The largest absolute Gasteiger partial charge is 0.384 e. The van der Waals surface area contributed by atoms with Crippen LogP contribution in [0.1, 0.15) is 5.56 Å². The molecule has 5 heteroatoms. The van der Waals surface area contributed by atoms with E-state index in [0.717, 1.165) is 5.56 Å². The summed E-state index contributed by atoms with van der Waals surface area (Å²) in [5.41, 5.74) is 1.12. The SMILES string of the molecule is COCCS(=O)(=O)NCCc1ccccc1. The predicted octanol–water partition coefficient (Wildman–Crippen LogP) is 0.795. The predicted molar refractivity (Wildman–Crippen MR) is 63.8 cm³/mol. The fourth-order valence-electron chi connectivity index (χ4n) is 1.26. The third-order valence-corrected chi connectivity index (χ3v) is 3.48. The summed E-state index contributed by atoms with van der Waals surface area (Å²) >= 11 is 0. The lowest BCUT2D eigenvalue weighted by Crippen LogP contribution is -2.29. The normalized spacial score (nSPS) is 11.6. The quantitative estimate of drug-likeness (QED) is 0.770. The molecule has 16 heavy (non-hydrogen) atoms. The van der Waals surface area contributed by atoms with Crippen molar-refractivity contribution in [3.8, 4) is 0 Å². The molecule has 0 amide bonds. The van der Waals surface area contributed by atoms with E-state index in [1.807, 2.05) is 30.3 Å². The van der Waals surface area contributed by atoms with Crippen molar-refractivity contribution in [1.29, 1.82) is 0 Å². The summed E-state index contributed by atoms with van der Waals surface area (Å²) in [6.07, 6.45) is 0.701. The van der Waals surface area contributed by atoms with E-state index in [1.165, 1.54) is 7.11 Å². The van der Waals surface area contributed by atoms with Crippen molar-refractivity contribution in [3.63, 3.8) is 0 Å². The first-order valence-corrected chi connectivity index (χ1v) is 6.79. The van der Waals surface area contributed by atoms with Crippen molar-refractivity contribution in [2.24, 2.45) is 0 Å². The van der Waals surface area contributed by atoms with Crippen molar-refractivity contribution in [2.45, 2.75) is 6.42 Å². The van der Waals surface area contributed by atoms with Crippen LogP contribution in [-0.2, 0) is 21.2 Å². The van der Waals surface area contributed by atoms with Crippen LogP contribution in [0.25, 0.3) is 0 Å². The Balaban J connectivity index is 2.30. The zero-order chi connectivity index (χ0) is 11.9. The molecule has 4 nitrogen and oxygen atoms in total. The molecule has 0 aliphatic heterocycles. The van der Waals surface area contributed by atoms with Gasteiger partial charge in [-0.3, -0.25) is 0 Å². The smallest absolute Gasteiger partial charge is 0.213 e. The minimum atomic E-state index is -3.19. The average Bonchev–Trinajstić information content (AvgIpc) is 2.28. The molecule has 1 aromatic rings. The standard InChI is InChI=1S/C11H17NO3S/c1-15-9-10-16(13,14)12-8-7-11-5-3-2-4-6-11/h2-6,12H,7-10H2,1H3. The number of nitrogens with one attached hydrogen (secondary N) is 1. The van der Waals surface area contributed by atoms with Gasteiger partial charge in [0.15, 0.2) is 0 Å². The van der Waals surface area contributed by atoms with Crippen LogP contribution in [0.3, 0.4) is 0 Å². The van der Waals surface area contributed by atoms with Crippen LogP contribution >= 0.6 is 0 Å². The maximum Gasteiger partial charge on any atom is 0.213 e. The van der Waals surface area contributed by atoms with E-state index in [4.69, 9.17) is 4.74 Å². The summed E-state index contributed by atoms with van der Waals surface area (Å²) in [6, 6.07) is 9.77. The van der Waals surface area contributed by atoms with Gasteiger partial charge in [0.25, 0.3) is 0 Å². The van der Waals surface area contributed by atoms with E-state index in [1.54, 1.807) is 0 Å². The zero-order valence-corrected chi connectivity index (χ0v) is 10.2. The van der Waals surface area contributed by atoms with Gasteiger partial charge in [-0.15, -0.1) is 0 Å². The van der Waals surface area contributed by atoms with Gasteiger partial charge in [-0.05, 0) is 12.0 Å². The molecule has 0 unspecified atom stereocenters. The molecule has 90 valence electrons. The van der Waals surface area contributed by atoms with Crippen LogP contribution in [0, 0.1) is 0 Å². The Bertz CT molecular complexity index is 389.